The zero-order valence-corrected chi connectivity index (χ0v) is 19.9. The van der Waals surface area contributed by atoms with Crippen LogP contribution < -0.4 is 4.74 Å². The van der Waals surface area contributed by atoms with Crippen molar-refractivity contribution in [3.05, 3.63) is 94.3 Å². The van der Waals surface area contributed by atoms with Gasteiger partial charge in [-0.15, -0.1) is 11.3 Å². The molecule has 1 atom stereocenters. The van der Waals surface area contributed by atoms with Gasteiger partial charge in [0.1, 0.15) is 11.4 Å². The van der Waals surface area contributed by atoms with E-state index >= 15 is 0 Å². The number of hydrogen-bond acceptors (Lipinski definition) is 5. The topological polar surface area (TPSA) is 51.7 Å². The number of hydrogen-bond donors (Lipinski definition) is 0. The lowest BCUT2D eigenvalue weighted by Gasteiger charge is -2.25. The maximum atomic E-state index is 13.5. The van der Waals surface area contributed by atoms with Gasteiger partial charge in [0.2, 0.25) is 0 Å². The Balaban J connectivity index is 1.31. The Morgan fingerprint density at radius 2 is 2.03 bits per heavy atom. The van der Waals surface area contributed by atoms with E-state index in [1.54, 1.807) is 11.3 Å². The minimum Gasteiger partial charge on any atom is -0.493 e. The van der Waals surface area contributed by atoms with Crippen LogP contribution in [-0.4, -0.2) is 41.7 Å². The molecule has 3 heterocycles. The third kappa shape index (κ3) is 5.64. The van der Waals surface area contributed by atoms with E-state index in [0.29, 0.717) is 25.4 Å². The van der Waals surface area contributed by atoms with Crippen molar-refractivity contribution in [3.8, 4) is 5.75 Å². The van der Waals surface area contributed by atoms with Crippen LogP contribution >= 0.6 is 11.3 Å². The molecule has 2 aromatic heterocycles. The molecule has 0 spiro atoms. The predicted octanol–water partition coefficient (Wildman–Crippen LogP) is 5.74. The Bertz CT molecular complexity index is 1240. The van der Waals surface area contributed by atoms with E-state index in [1.807, 2.05) is 65.6 Å². The summed E-state index contributed by atoms with van der Waals surface area (Å²) in [6.07, 6.45) is 2.96. The van der Waals surface area contributed by atoms with Gasteiger partial charge in [-0.3, -0.25) is 4.79 Å². The number of carbonyl (C=O) groups is 1. The molecule has 174 valence electrons. The molecule has 34 heavy (non-hydrogen) atoms. The number of amides is 1. The average molecular weight is 473 g/mol. The number of para-hydroxylation sites is 1. The number of benzene rings is 2. The molecule has 5 nitrogen and oxygen atoms in total. The van der Waals surface area contributed by atoms with Gasteiger partial charge in [0, 0.05) is 36.4 Å². The first-order valence-electron chi connectivity index (χ1n) is 11.8. The Kier molecular flexibility index (Phi) is 7.17. The van der Waals surface area contributed by atoms with Crippen LogP contribution in [0, 0.1) is 0 Å². The van der Waals surface area contributed by atoms with Crippen molar-refractivity contribution in [2.45, 2.75) is 31.9 Å². The number of aromatic nitrogens is 1. The highest BCUT2D eigenvalue weighted by molar-refractivity contribution is 7.09. The van der Waals surface area contributed by atoms with Crippen LogP contribution in [0.4, 0.5) is 0 Å². The van der Waals surface area contributed by atoms with Crippen molar-refractivity contribution in [3.63, 3.8) is 0 Å². The highest BCUT2D eigenvalue weighted by Gasteiger charge is 2.24. The maximum Gasteiger partial charge on any atom is 0.272 e. The number of ether oxygens (including phenoxy) is 2. The first kappa shape index (κ1) is 22.6. The zero-order valence-electron chi connectivity index (χ0n) is 19.1. The quantitative estimate of drug-likeness (QED) is 0.312. The van der Waals surface area contributed by atoms with Gasteiger partial charge in [0.05, 0.1) is 18.2 Å². The molecule has 1 aliphatic rings. The third-order valence-corrected chi connectivity index (χ3v) is 6.96. The van der Waals surface area contributed by atoms with E-state index in [4.69, 9.17) is 9.47 Å². The Labute approximate surface area is 204 Å². The molecule has 1 amide bonds. The molecule has 2 aromatic carbocycles. The van der Waals surface area contributed by atoms with Gasteiger partial charge in [-0.1, -0.05) is 42.5 Å². The molecule has 1 saturated heterocycles. The molecule has 0 unspecified atom stereocenters. The minimum atomic E-state index is -0.0785. The zero-order chi connectivity index (χ0) is 23.2. The van der Waals surface area contributed by atoms with Crippen molar-refractivity contribution in [2.75, 3.05) is 19.8 Å². The Hall–Kier alpha value is -3.22. The van der Waals surface area contributed by atoms with Crippen LogP contribution in [0.3, 0.4) is 0 Å². The number of pyridine rings is 1. The van der Waals surface area contributed by atoms with Crippen LogP contribution in [0.1, 0.15) is 33.8 Å². The second-order valence-electron chi connectivity index (χ2n) is 8.54. The molecule has 0 saturated carbocycles. The molecule has 6 heteroatoms. The van der Waals surface area contributed by atoms with Crippen molar-refractivity contribution >= 4 is 28.1 Å². The van der Waals surface area contributed by atoms with Crippen molar-refractivity contribution in [2.24, 2.45) is 0 Å². The lowest BCUT2D eigenvalue weighted by atomic mass is 10.1. The summed E-state index contributed by atoms with van der Waals surface area (Å²) in [5.41, 5.74) is 2.31. The average Bonchev–Trinajstić information content (AvgIpc) is 3.58. The molecule has 4 aromatic rings. The van der Waals surface area contributed by atoms with E-state index in [-0.39, 0.29) is 12.0 Å². The molecule has 1 aliphatic heterocycles. The monoisotopic (exact) mass is 472 g/mol. The van der Waals surface area contributed by atoms with Gasteiger partial charge in [-0.25, -0.2) is 4.98 Å². The number of rotatable bonds is 9. The van der Waals surface area contributed by atoms with E-state index in [0.717, 1.165) is 48.1 Å². The van der Waals surface area contributed by atoms with Gasteiger partial charge in [-0.05, 0) is 54.1 Å². The summed E-state index contributed by atoms with van der Waals surface area (Å²) in [5, 5.41) is 3.11. The fourth-order valence-electron chi connectivity index (χ4n) is 4.28. The smallest absolute Gasteiger partial charge is 0.272 e. The lowest BCUT2D eigenvalue weighted by Crippen LogP contribution is -2.37. The minimum absolute atomic E-state index is 0.0645. The first-order chi connectivity index (χ1) is 16.7. The van der Waals surface area contributed by atoms with Crippen LogP contribution in [0.25, 0.3) is 10.9 Å². The molecule has 1 fully saturated rings. The number of thiophene rings is 1. The second-order valence-corrected chi connectivity index (χ2v) is 9.57. The third-order valence-electron chi connectivity index (χ3n) is 6.02. The molecular weight excluding hydrogens is 444 g/mol. The summed E-state index contributed by atoms with van der Waals surface area (Å²) in [4.78, 5) is 21.4. The van der Waals surface area contributed by atoms with Gasteiger partial charge in [-0.2, -0.15) is 0 Å². The van der Waals surface area contributed by atoms with Crippen molar-refractivity contribution < 1.29 is 14.3 Å². The molecule has 0 N–H and O–H groups in total. The van der Waals surface area contributed by atoms with Crippen LogP contribution in [0.2, 0.25) is 0 Å². The van der Waals surface area contributed by atoms with Crippen molar-refractivity contribution in [1.29, 1.82) is 0 Å². The molecule has 0 bridgehead atoms. The highest BCUT2D eigenvalue weighted by atomic mass is 32.1. The van der Waals surface area contributed by atoms with E-state index in [2.05, 4.69) is 22.5 Å². The number of carbonyl (C=O) groups excluding carboxylic acids is 1. The number of fused-ring (bicyclic) bond motifs is 1. The molecule has 0 aliphatic carbocycles. The summed E-state index contributed by atoms with van der Waals surface area (Å²) in [6, 6.07) is 23.8. The van der Waals surface area contributed by atoms with Crippen LogP contribution in [0.15, 0.2) is 78.2 Å². The number of nitrogens with zero attached hydrogens (tertiary/aromatic N) is 2. The van der Waals surface area contributed by atoms with E-state index < -0.39 is 0 Å². The fraction of sp³-hybridized carbons (Fsp3) is 0.286. The second kappa shape index (κ2) is 10.8. The first-order valence-corrected chi connectivity index (χ1v) is 12.6. The molecule has 5 rings (SSSR count). The van der Waals surface area contributed by atoms with Gasteiger partial charge >= 0.3 is 0 Å². The largest absolute Gasteiger partial charge is 0.493 e. The summed E-state index contributed by atoms with van der Waals surface area (Å²) < 4.78 is 11.8. The lowest BCUT2D eigenvalue weighted by molar-refractivity contribution is 0.0503. The molecular formula is C28H28N2O3S. The summed E-state index contributed by atoms with van der Waals surface area (Å²) in [7, 11) is 0. The highest BCUT2D eigenvalue weighted by Crippen LogP contribution is 2.21. The van der Waals surface area contributed by atoms with E-state index in [9.17, 15) is 4.79 Å². The SMILES string of the molecule is O=C(c1ccc2ccccc2n1)N(Cc1cccc(OCCc2cccs2)c1)C[C@@H]1CCCO1. The van der Waals surface area contributed by atoms with Crippen LogP contribution in [-0.2, 0) is 17.7 Å². The standard InChI is InChI=1S/C28H28N2O3S/c31-28(27-13-12-22-7-1-2-11-26(22)29-27)30(20-24-9-4-15-32-24)19-21-6-3-8-23(18-21)33-16-14-25-10-5-17-34-25/h1-3,5-8,10-13,17-18,24H,4,9,14-16,19-20H2/t24-/m0/s1. The van der Waals surface area contributed by atoms with Gasteiger partial charge in [0.15, 0.2) is 0 Å². The van der Waals surface area contributed by atoms with E-state index in [1.165, 1.54) is 4.88 Å². The van der Waals surface area contributed by atoms with Gasteiger partial charge < -0.3 is 14.4 Å². The Morgan fingerprint density at radius 3 is 2.88 bits per heavy atom. The Morgan fingerprint density at radius 1 is 1.09 bits per heavy atom. The predicted molar refractivity (Wildman–Crippen MR) is 135 cm³/mol. The van der Waals surface area contributed by atoms with Crippen molar-refractivity contribution in [1.82, 2.24) is 9.88 Å². The normalized spacial score (nSPS) is 15.5. The van der Waals surface area contributed by atoms with Crippen LogP contribution in [0.5, 0.6) is 5.75 Å². The summed E-state index contributed by atoms with van der Waals surface area (Å²) in [6.45, 7) is 2.42. The molecule has 0 radical (unpaired) electrons. The summed E-state index contributed by atoms with van der Waals surface area (Å²) in [5.74, 6) is 0.743. The fourth-order valence-corrected chi connectivity index (χ4v) is 4.97. The summed E-state index contributed by atoms with van der Waals surface area (Å²) >= 11 is 1.74. The van der Waals surface area contributed by atoms with Gasteiger partial charge in [0.25, 0.3) is 5.91 Å². The maximum absolute atomic E-state index is 13.5.